The maximum absolute atomic E-state index is 15.9. The van der Waals surface area contributed by atoms with Gasteiger partial charge in [-0.2, -0.15) is 0 Å². The molecule has 0 saturated heterocycles. The first kappa shape index (κ1) is 53.0. The number of aromatic nitrogens is 4. The highest BCUT2D eigenvalue weighted by molar-refractivity contribution is 6.45. The standard InChI is InChI=1S/C76H64N4O6/c1-73(2,3)41-21-29-45(30-22-41)83-57-37-49-61-51(71(81)79-55-19-15-13-17-53(55)77-69(49)79)40-60(86-48-35-27-44(28-36-48)76(10,11)12)66-64-58(84-46-31-23-42(24-32-46)74(4,5)6)38-50-62-52(72(82)80-56-20-16-14-18-54(56)78-70(50)80)39-59(65(68(62)64)63(57)67(61)66)85-47-33-25-43(26-34-47)75(7,8)9/h13-40H,1-12H3. The van der Waals surface area contributed by atoms with Crippen molar-refractivity contribution in [2.75, 3.05) is 0 Å². The molecular formula is C76H64N4O6. The molecule has 11 aromatic carbocycles. The molecule has 10 nitrogen and oxygen atoms in total. The Morgan fingerprint density at radius 1 is 0.302 bits per heavy atom. The molecule has 0 aliphatic carbocycles. The van der Waals surface area contributed by atoms with E-state index in [1.165, 1.54) is 0 Å². The van der Waals surface area contributed by atoms with Gasteiger partial charge in [0.15, 0.2) is 0 Å². The summed E-state index contributed by atoms with van der Waals surface area (Å²) in [5.74, 6) is 4.03. The molecule has 15 aromatic rings. The van der Waals surface area contributed by atoms with Crippen molar-refractivity contribution in [2.45, 2.75) is 105 Å². The van der Waals surface area contributed by atoms with Gasteiger partial charge in [0.05, 0.1) is 32.8 Å². The van der Waals surface area contributed by atoms with Crippen LogP contribution in [0.15, 0.2) is 179 Å². The third kappa shape index (κ3) is 8.20. The molecule has 4 aromatic heterocycles. The number of pyridine rings is 2. The molecule has 10 heteroatoms. The van der Waals surface area contributed by atoms with Crippen LogP contribution < -0.4 is 30.1 Å². The van der Waals surface area contributed by atoms with Crippen LogP contribution in [0.25, 0.3) is 98.0 Å². The summed E-state index contributed by atoms with van der Waals surface area (Å²) < 4.78 is 33.1. The Hall–Kier alpha value is -9.80. The average Bonchev–Trinajstić information content (AvgIpc) is 0.937. The highest BCUT2D eigenvalue weighted by Crippen LogP contribution is 2.58. The molecule has 0 aliphatic heterocycles. The lowest BCUT2D eigenvalue weighted by molar-refractivity contribution is 0.482. The van der Waals surface area contributed by atoms with Crippen LogP contribution in [0.1, 0.15) is 105 Å². The Morgan fingerprint density at radius 2 is 0.558 bits per heavy atom. The van der Waals surface area contributed by atoms with Crippen molar-refractivity contribution < 1.29 is 18.9 Å². The summed E-state index contributed by atoms with van der Waals surface area (Å²) in [5, 5.41) is 7.40. The monoisotopic (exact) mass is 1130 g/mol. The van der Waals surface area contributed by atoms with E-state index in [2.05, 4.69) is 132 Å². The van der Waals surface area contributed by atoms with Crippen LogP contribution in [0.5, 0.6) is 46.0 Å². The predicted octanol–water partition coefficient (Wildman–Crippen LogP) is 19.6. The van der Waals surface area contributed by atoms with Crippen molar-refractivity contribution in [1.29, 1.82) is 0 Å². The molecule has 0 fully saturated rings. The SMILES string of the molecule is CC(C)(C)c1ccc(Oc2cc3c(=O)n4c5ccccc5nc4c4cc(Oc5ccc(C(C)(C)C)cc5)c5c6c(Oc7ccc(C(C)(C)C)cc7)cc7c(=O)n8c9ccccc9nc8c8cc(Oc9ccc(C(C)(C)C)cc9)c(c2c5c34)c6c78)cc1. The third-order valence-corrected chi connectivity index (χ3v) is 17.4. The number of imidazole rings is 2. The second-order valence-corrected chi connectivity index (χ2v) is 27.3. The van der Waals surface area contributed by atoms with E-state index in [1.807, 2.05) is 121 Å². The maximum atomic E-state index is 15.9. The van der Waals surface area contributed by atoms with E-state index in [9.17, 15) is 0 Å². The predicted molar refractivity (Wildman–Crippen MR) is 351 cm³/mol. The zero-order valence-electron chi connectivity index (χ0n) is 50.4. The van der Waals surface area contributed by atoms with Gasteiger partial charge >= 0.3 is 0 Å². The zero-order chi connectivity index (χ0) is 59.7. The number of hydrogen-bond donors (Lipinski definition) is 0. The molecule has 0 bridgehead atoms. The summed E-state index contributed by atoms with van der Waals surface area (Å²) >= 11 is 0. The summed E-state index contributed by atoms with van der Waals surface area (Å²) in [6.07, 6.45) is 0. The summed E-state index contributed by atoms with van der Waals surface area (Å²) in [6, 6.07) is 56.1. The fourth-order valence-electron chi connectivity index (χ4n) is 12.8. The van der Waals surface area contributed by atoms with Gasteiger partial charge in [-0.05, 0) is 141 Å². The molecule has 4 heterocycles. The summed E-state index contributed by atoms with van der Waals surface area (Å²) in [4.78, 5) is 42.3. The van der Waals surface area contributed by atoms with Crippen LogP contribution >= 0.6 is 0 Å². The smallest absolute Gasteiger partial charge is 0.264 e. The topological polar surface area (TPSA) is 106 Å². The first-order valence-electron chi connectivity index (χ1n) is 29.5. The van der Waals surface area contributed by atoms with Gasteiger partial charge in [-0.15, -0.1) is 0 Å². The maximum Gasteiger partial charge on any atom is 0.264 e. The van der Waals surface area contributed by atoms with E-state index in [-0.39, 0.29) is 32.8 Å². The minimum Gasteiger partial charge on any atom is -0.457 e. The third-order valence-electron chi connectivity index (χ3n) is 17.4. The van der Waals surface area contributed by atoms with Gasteiger partial charge in [-0.3, -0.25) is 18.4 Å². The van der Waals surface area contributed by atoms with Crippen molar-refractivity contribution in [3.63, 3.8) is 0 Å². The Labute approximate surface area is 496 Å². The molecular weight excluding hydrogens is 1060 g/mol. The molecule has 86 heavy (non-hydrogen) atoms. The van der Waals surface area contributed by atoms with E-state index in [1.54, 1.807) is 8.80 Å². The normalized spacial score (nSPS) is 13.0. The fourth-order valence-corrected chi connectivity index (χ4v) is 12.8. The minimum atomic E-state index is -0.260. The minimum absolute atomic E-state index is 0.123. The Morgan fingerprint density at radius 3 is 0.826 bits per heavy atom. The molecule has 424 valence electrons. The summed E-state index contributed by atoms with van der Waals surface area (Å²) in [5.41, 5.74) is 7.19. The molecule has 0 radical (unpaired) electrons. The molecule has 0 unspecified atom stereocenters. The Bertz CT molecular complexity index is 5030. The first-order chi connectivity index (χ1) is 41.0. The second-order valence-electron chi connectivity index (χ2n) is 27.3. The molecule has 0 spiro atoms. The van der Waals surface area contributed by atoms with Crippen LogP contribution in [0.4, 0.5) is 0 Å². The summed E-state index contributed by atoms with van der Waals surface area (Å²) in [7, 11) is 0. The second kappa shape index (κ2) is 18.4. The van der Waals surface area contributed by atoms with Crippen molar-refractivity contribution >= 4 is 98.0 Å². The van der Waals surface area contributed by atoms with E-state index >= 15 is 9.59 Å². The first-order valence-corrected chi connectivity index (χ1v) is 29.5. The van der Waals surface area contributed by atoms with Crippen LogP contribution in [0, 0.1) is 0 Å². The molecule has 0 atom stereocenters. The number of rotatable bonds is 8. The van der Waals surface area contributed by atoms with E-state index in [0.717, 1.165) is 22.3 Å². The fraction of sp³-hybridized carbons (Fsp3) is 0.211. The quantitative estimate of drug-likeness (QED) is 0.109. The zero-order valence-corrected chi connectivity index (χ0v) is 50.4. The Kier molecular flexibility index (Phi) is 11.3. The molecule has 0 saturated carbocycles. The van der Waals surface area contributed by atoms with Crippen LogP contribution in [0.2, 0.25) is 0 Å². The highest BCUT2D eigenvalue weighted by atomic mass is 16.5. The van der Waals surface area contributed by atoms with Gasteiger partial charge in [-0.1, -0.05) is 156 Å². The average molecular weight is 1130 g/mol. The van der Waals surface area contributed by atoms with Crippen LogP contribution in [0.3, 0.4) is 0 Å². The molecule has 0 aliphatic rings. The largest absolute Gasteiger partial charge is 0.457 e. The summed E-state index contributed by atoms with van der Waals surface area (Å²) in [6.45, 7) is 26.3. The van der Waals surface area contributed by atoms with Crippen molar-refractivity contribution in [3.8, 4) is 46.0 Å². The van der Waals surface area contributed by atoms with Gasteiger partial charge < -0.3 is 18.9 Å². The molecule has 15 rings (SSSR count). The van der Waals surface area contributed by atoms with Crippen LogP contribution in [-0.4, -0.2) is 18.8 Å². The number of fused-ring (bicyclic) bond motifs is 10. The van der Waals surface area contributed by atoms with Gasteiger partial charge in [0.1, 0.15) is 57.3 Å². The number of hydrogen-bond acceptors (Lipinski definition) is 8. The lowest BCUT2D eigenvalue weighted by Gasteiger charge is -2.26. The lowest BCUT2D eigenvalue weighted by atomic mass is 9.84. The lowest BCUT2D eigenvalue weighted by Crippen LogP contribution is -2.15. The van der Waals surface area contributed by atoms with Crippen molar-refractivity contribution in [3.05, 3.63) is 213 Å². The number of para-hydroxylation sites is 4. The van der Waals surface area contributed by atoms with E-state index < -0.39 is 0 Å². The highest BCUT2D eigenvalue weighted by Gasteiger charge is 2.33. The Balaban J connectivity index is 1.19. The van der Waals surface area contributed by atoms with Crippen molar-refractivity contribution in [2.24, 2.45) is 0 Å². The number of ether oxygens (including phenoxy) is 4. The van der Waals surface area contributed by atoms with Gasteiger partial charge in [0.25, 0.3) is 11.1 Å². The van der Waals surface area contributed by atoms with Gasteiger partial charge in [0.2, 0.25) is 0 Å². The molecule has 0 amide bonds. The van der Waals surface area contributed by atoms with Crippen molar-refractivity contribution in [1.82, 2.24) is 18.8 Å². The van der Waals surface area contributed by atoms with E-state index in [4.69, 9.17) is 28.9 Å². The van der Waals surface area contributed by atoms with Crippen LogP contribution in [-0.2, 0) is 21.7 Å². The number of benzene rings is 11. The molecule has 0 N–H and O–H groups in total. The van der Waals surface area contributed by atoms with Gasteiger partial charge in [0, 0.05) is 53.9 Å². The van der Waals surface area contributed by atoms with E-state index in [0.29, 0.717) is 144 Å². The van der Waals surface area contributed by atoms with Gasteiger partial charge in [-0.25, -0.2) is 9.97 Å². The number of nitrogens with zero attached hydrogens (tertiary/aromatic N) is 4.